The van der Waals surface area contributed by atoms with Crippen molar-refractivity contribution < 1.29 is 9.72 Å². The zero-order valence-corrected chi connectivity index (χ0v) is 13.3. The molecule has 0 aliphatic carbocycles. The summed E-state index contributed by atoms with van der Waals surface area (Å²) in [6.45, 7) is 2.67. The number of halogens is 1. The van der Waals surface area contributed by atoms with E-state index in [4.69, 9.17) is 11.6 Å². The number of nitrogens with zero attached hydrogens (tertiary/aromatic N) is 2. The lowest BCUT2D eigenvalue weighted by molar-refractivity contribution is -0.383. The number of likely N-dealkylation sites (N-methyl/N-ethyl adjacent to an activating group) is 1. The van der Waals surface area contributed by atoms with Crippen LogP contribution in [0.25, 0.3) is 0 Å². The molecule has 1 amide bonds. The van der Waals surface area contributed by atoms with Gasteiger partial charge >= 0.3 is 0 Å². The number of benzene rings is 2. The first-order valence-corrected chi connectivity index (χ1v) is 7.43. The number of rotatable bonds is 6. The highest BCUT2D eigenvalue weighted by Gasteiger charge is 2.17. The van der Waals surface area contributed by atoms with Crippen LogP contribution in [0.1, 0.15) is 6.92 Å². The number of carbonyl (C=O) groups is 1. The molecule has 1 N–H and O–H groups in total. The quantitative estimate of drug-likeness (QED) is 0.645. The minimum Gasteiger partial charge on any atom is -0.362 e. The van der Waals surface area contributed by atoms with Crippen molar-refractivity contribution in [1.29, 1.82) is 0 Å². The zero-order valence-electron chi connectivity index (χ0n) is 12.5. The number of carbonyl (C=O) groups excluding carboxylic acids is 1. The second kappa shape index (κ2) is 7.60. The molecule has 2 aromatic carbocycles. The summed E-state index contributed by atoms with van der Waals surface area (Å²) in [7, 11) is 0. The smallest absolute Gasteiger partial charge is 0.294 e. The van der Waals surface area contributed by atoms with E-state index in [1.165, 1.54) is 18.2 Å². The van der Waals surface area contributed by atoms with Gasteiger partial charge in [0, 0.05) is 23.3 Å². The van der Waals surface area contributed by atoms with Gasteiger partial charge in [-0.05, 0) is 31.2 Å². The number of anilines is 2. The third-order valence-electron chi connectivity index (χ3n) is 3.27. The molecule has 0 aromatic heterocycles. The summed E-state index contributed by atoms with van der Waals surface area (Å²) >= 11 is 5.76. The first-order chi connectivity index (χ1) is 11.0. The fourth-order valence-corrected chi connectivity index (χ4v) is 2.32. The number of nitro benzene ring substituents is 1. The van der Waals surface area contributed by atoms with Crippen LogP contribution >= 0.6 is 11.6 Å². The second-order valence-electron chi connectivity index (χ2n) is 4.82. The van der Waals surface area contributed by atoms with Crippen LogP contribution in [0.5, 0.6) is 0 Å². The Morgan fingerprint density at radius 1 is 1.26 bits per heavy atom. The van der Waals surface area contributed by atoms with Gasteiger partial charge in [0.25, 0.3) is 5.69 Å². The van der Waals surface area contributed by atoms with Gasteiger partial charge in [-0.15, -0.1) is 0 Å². The number of nitrogens with one attached hydrogen (secondary N) is 1. The van der Waals surface area contributed by atoms with Crippen LogP contribution in [-0.4, -0.2) is 23.9 Å². The first kappa shape index (κ1) is 16.8. The van der Waals surface area contributed by atoms with Crippen molar-refractivity contribution in [3.8, 4) is 0 Å². The lowest BCUT2D eigenvalue weighted by atomic mass is 10.2. The molecule has 0 aliphatic rings. The lowest BCUT2D eigenvalue weighted by Crippen LogP contribution is -2.33. The molecule has 0 bridgehead atoms. The molecule has 2 rings (SSSR count). The number of para-hydroxylation sites is 1. The summed E-state index contributed by atoms with van der Waals surface area (Å²) in [5, 5.41) is 13.9. The van der Waals surface area contributed by atoms with E-state index in [1.807, 2.05) is 42.2 Å². The Morgan fingerprint density at radius 2 is 1.96 bits per heavy atom. The summed E-state index contributed by atoms with van der Waals surface area (Å²) in [6.07, 6.45) is 0. The van der Waals surface area contributed by atoms with Crippen LogP contribution in [0.3, 0.4) is 0 Å². The molecular weight excluding hydrogens is 318 g/mol. The highest BCUT2D eigenvalue weighted by molar-refractivity contribution is 6.31. The molecular formula is C16H16ClN3O3. The highest BCUT2D eigenvalue weighted by Crippen LogP contribution is 2.27. The highest BCUT2D eigenvalue weighted by atomic mass is 35.5. The van der Waals surface area contributed by atoms with Crippen LogP contribution < -0.4 is 10.2 Å². The van der Waals surface area contributed by atoms with Crippen molar-refractivity contribution in [3.63, 3.8) is 0 Å². The van der Waals surface area contributed by atoms with Crippen LogP contribution in [-0.2, 0) is 4.79 Å². The fraction of sp³-hybridized carbons (Fsp3) is 0.188. The number of nitro groups is 1. The minimum atomic E-state index is -0.573. The molecule has 23 heavy (non-hydrogen) atoms. The van der Waals surface area contributed by atoms with E-state index >= 15 is 0 Å². The van der Waals surface area contributed by atoms with Gasteiger partial charge in [0.2, 0.25) is 5.91 Å². The SMILES string of the molecule is CCN(CC(=O)Nc1ccc(Cl)cc1[N+](=O)[O-])c1ccccc1. The molecule has 6 nitrogen and oxygen atoms in total. The molecule has 0 aliphatic heterocycles. The van der Waals surface area contributed by atoms with Crippen molar-refractivity contribution in [2.75, 3.05) is 23.3 Å². The average molecular weight is 334 g/mol. The van der Waals surface area contributed by atoms with E-state index in [9.17, 15) is 14.9 Å². The third kappa shape index (κ3) is 4.43. The van der Waals surface area contributed by atoms with E-state index in [0.717, 1.165) is 5.69 Å². The third-order valence-corrected chi connectivity index (χ3v) is 3.50. The predicted octanol–water partition coefficient (Wildman–Crippen LogP) is 3.71. The largest absolute Gasteiger partial charge is 0.362 e. The molecule has 0 unspecified atom stereocenters. The normalized spacial score (nSPS) is 10.2. The lowest BCUT2D eigenvalue weighted by Gasteiger charge is -2.22. The summed E-state index contributed by atoms with van der Waals surface area (Å²) in [5.74, 6) is -0.332. The first-order valence-electron chi connectivity index (χ1n) is 7.05. The van der Waals surface area contributed by atoms with Gasteiger partial charge in [-0.3, -0.25) is 14.9 Å². The molecule has 0 spiro atoms. The van der Waals surface area contributed by atoms with E-state index < -0.39 is 4.92 Å². The van der Waals surface area contributed by atoms with Gasteiger partial charge in [-0.25, -0.2) is 0 Å². The molecule has 0 fully saturated rings. The molecule has 0 atom stereocenters. The van der Waals surface area contributed by atoms with E-state index in [1.54, 1.807) is 0 Å². The van der Waals surface area contributed by atoms with E-state index in [0.29, 0.717) is 6.54 Å². The van der Waals surface area contributed by atoms with Crippen molar-refractivity contribution >= 4 is 34.6 Å². The molecule has 0 radical (unpaired) electrons. The summed E-state index contributed by atoms with van der Waals surface area (Å²) in [6, 6.07) is 13.6. The van der Waals surface area contributed by atoms with Gasteiger partial charge in [-0.2, -0.15) is 0 Å². The Hall–Kier alpha value is -2.60. The summed E-state index contributed by atoms with van der Waals surface area (Å²) in [5.41, 5.74) is 0.817. The van der Waals surface area contributed by atoms with Gasteiger partial charge in [0.05, 0.1) is 11.5 Å². The Morgan fingerprint density at radius 3 is 2.57 bits per heavy atom. The maximum atomic E-state index is 12.2. The van der Waals surface area contributed by atoms with Crippen molar-refractivity contribution in [2.24, 2.45) is 0 Å². The Kier molecular flexibility index (Phi) is 5.54. The predicted molar refractivity (Wildman–Crippen MR) is 91.1 cm³/mol. The minimum absolute atomic E-state index is 0.0975. The fourth-order valence-electron chi connectivity index (χ4n) is 2.15. The zero-order chi connectivity index (χ0) is 16.8. The Bertz CT molecular complexity index is 707. The van der Waals surface area contributed by atoms with Crippen molar-refractivity contribution in [1.82, 2.24) is 0 Å². The van der Waals surface area contributed by atoms with Gasteiger partial charge in [-0.1, -0.05) is 29.8 Å². The monoisotopic (exact) mass is 333 g/mol. The van der Waals surface area contributed by atoms with Crippen LogP contribution in [0, 0.1) is 10.1 Å². The van der Waals surface area contributed by atoms with Crippen molar-refractivity contribution in [2.45, 2.75) is 6.92 Å². The van der Waals surface area contributed by atoms with E-state index in [2.05, 4.69) is 5.32 Å². The van der Waals surface area contributed by atoms with Gasteiger partial charge in [0.1, 0.15) is 5.69 Å². The van der Waals surface area contributed by atoms with Crippen LogP contribution in [0.15, 0.2) is 48.5 Å². The van der Waals surface area contributed by atoms with E-state index in [-0.39, 0.29) is 28.8 Å². The maximum absolute atomic E-state index is 12.2. The van der Waals surface area contributed by atoms with Gasteiger partial charge in [0.15, 0.2) is 0 Å². The van der Waals surface area contributed by atoms with Crippen molar-refractivity contribution in [3.05, 3.63) is 63.7 Å². The number of hydrogen-bond acceptors (Lipinski definition) is 4. The Balaban J connectivity index is 2.12. The molecule has 7 heteroatoms. The molecule has 0 saturated heterocycles. The van der Waals surface area contributed by atoms with Crippen LogP contribution in [0.2, 0.25) is 5.02 Å². The molecule has 0 heterocycles. The number of amides is 1. The van der Waals surface area contributed by atoms with Crippen LogP contribution in [0.4, 0.5) is 17.1 Å². The van der Waals surface area contributed by atoms with Gasteiger partial charge < -0.3 is 10.2 Å². The topological polar surface area (TPSA) is 75.5 Å². The second-order valence-corrected chi connectivity index (χ2v) is 5.25. The number of hydrogen-bond donors (Lipinski definition) is 1. The average Bonchev–Trinajstić information content (AvgIpc) is 2.55. The summed E-state index contributed by atoms with van der Waals surface area (Å²) in [4.78, 5) is 24.5. The maximum Gasteiger partial charge on any atom is 0.294 e. The molecule has 0 saturated carbocycles. The molecule has 120 valence electrons. The Labute approximate surface area is 138 Å². The standard InChI is InChI=1S/C16H16ClN3O3/c1-2-19(13-6-4-3-5-7-13)11-16(21)18-14-9-8-12(17)10-15(14)20(22)23/h3-10H,2,11H2,1H3,(H,18,21). The molecule has 2 aromatic rings. The summed E-state index contributed by atoms with van der Waals surface area (Å²) < 4.78 is 0.